The number of nitrogens with one attached hydrogen (secondary N) is 2. The average Bonchev–Trinajstić information content (AvgIpc) is 2.86. The SMILES string of the molecule is C=CCNc1nc(NCC=C)c2scc(C(C)C)c2n1. The first-order chi connectivity index (χ1) is 9.67. The lowest BCUT2D eigenvalue weighted by Crippen LogP contribution is -2.07. The largest absolute Gasteiger partial charge is 0.365 e. The van der Waals surface area contributed by atoms with E-state index >= 15 is 0 Å². The fourth-order valence-corrected chi connectivity index (χ4v) is 3.01. The van der Waals surface area contributed by atoms with Gasteiger partial charge in [0.25, 0.3) is 0 Å². The van der Waals surface area contributed by atoms with Crippen molar-refractivity contribution in [3.63, 3.8) is 0 Å². The number of aromatic nitrogens is 2. The Labute approximate surface area is 123 Å². The summed E-state index contributed by atoms with van der Waals surface area (Å²) in [7, 11) is 0. The minimum absolute atomic E-state index is 0.443. The van der Waals surface area contributed by atoms with Crippen LogP contribution in [0.5, 0.6) is 0 Å². The fraction of sp³-hybridized carbons (Fsp3) is 0.333. The van der Waals surface area contributed by atoms with Gasteiger partial charge in [0.15, 0.2) is 0 Å². The normalized spacial score (nSPS) is 10.8. The van der Waals surface area contributed by atoms with Crippen molar-refractivity contribution in [2.45, 2.75) is 19.8 Å². The highest BCUT2D eigenvalue weighted by Gasteiger charge is 2.14. The zero-order valence-electron chi connectivity index (χ0n) is 11.9. The summed E-state index contributed by atoms with van der Waals surface area (Å²) in [5.74, 6) is 1.93. The molecule has 2 aromatic heterocycles. The van der Waals surface area contributed by atoms with Crippen LogP contribution in [0, 0.1) is 0 Å². The van der Waals surface area contributed by atoms with E-state index in [2.05, 4.69) is 53.0 Å². The Hall–Kier alpha value is -1.88. The quantitative estimate of drug-likeness (QED) is 0.756. The standard InChI is InChI=1S/C15H20N4S/c1-5-7-16-14-13-12(11(9-20-13)10(3)4)18-15(19-14)17-8-6-2/h5-6,9-10H,1-2,7-8H2,3-4H3,(H2,16,17,18,19). The van der Waals surface area contributed by atoms with Crippen LogP contribution in [0.3, 0.4) is 0 Å². The zero-order valence-corrected chi connectivity index (χ0v) is 12.8. The Morgan fingerprint density at radius 1 is 1.20 bits per heavy atom. The second-order valence-electron chi connectivity index (χ2n) is 4.76. The second-order valence-corrected chi connectivity index (χ2v) is 5.64. The van der Waals surface area contributed by atoms with Crippen LogP contribution in [-0.2, 0) is 0 Å². The lowest BCUT2D eigenvalue weighted by atomic mass is 10.1. The van der Waals surface area contributed by atoms with E-state index in [9.17, 15) is 0 Å². The number of nitrogens with zero attached hydrogens (tertiary/aromatic N) is 2. The molecule has 0 atom stereocenters. The van der Waals surface area contributed by atoms with Gasteiger partial charge in [-0.05, 0) is 16.9 Å². The molecular weight excluding hydrogens is 268 g/mol. The molecule has 0 saturated heterocycles. The predicted molar refractivity (Wildman–Crippen MR) is 88.9 cm³/mol. The van der Waals surface area contributed by atoms with E-state index in [1.54, 1.807) is 17.4 Å². The van der Waals surface area contributed by atoms with Crippen LogP contribution < -0.4 is 10.6 Å². The fourth-order valence-electron chi connectivity index (χ4n) is 1.88. The molecule has 0 spiro atoms. The van der Waals surface area contributed by atoms with Crippen molar-refractivity contribution in [2.24, 2.45) is 0 Å². The molecule has 20 heavy (non-hydrogen) atoms. The maximum absolute atomic E-state index is 4.64. The molecule has 2 N–H and O–H groups in total. The lowest BCUT2D eigenvalue weighted by molar-refractivity contribution is 0.876. The number of anilines is 2. The molecular formula is C15H20N4S. The summed E-state index contributed by atoms with van der Waals surface area (Å²) in [6.45, 7) is 13.1. The summed E-state index contributed by atoms with van der Waals surface area (Å²) in [6, 6.07) is 0. The van der Waals surface area contributed by atoms with Crippen LogP contribution in [0.25, 0.3) is 10.2 Å². The number of thiophene rings is 1. The molecule has 0 saturated carbocycles. The first-order valence-corrected chi connectivity index (χ1v) is 7.54. The molecule has 0 unspecified atom stereocenters. The molecule has 0 bridgehead atoms. The van der Waals surface area contributed by atoms with E-state index in [1.807, 2.05) is 6.08 Å². The van der Waals surface area contributed by atoms with E-state index < -0.39 is 0 Å². The van der Waals surface area contributed by atoms with Gasteiger partial charge in [-0.1, -0.05) is 26.0 Å². The van der Waals surface area contributed by atoms with Crippen LogP contribution in [-0.4, -0.2) is 23.1 Å². The van der Waals surface area contributed by atoms with Crippen molar-refractivity contribution in [1.82, 2.24) is 9.97 Å². The summed E-state index contributed by atoms with van der Waals surface area (Å²) in [5.41, 5.74) is 2.29. The van der Waals surface area contributed by atoms with Gasteiger partial charge >= 0.3 is 0 Å². The van der Waals surface area contributed by atoms with Crippen molar-refractivity contribution in [3.8, 4) is 0 Å². The Morgan fingerprint density at radius 2 is 1.90 bits per heavy atom. The average molecular weight is 288 g/mol. The summed E-state index contributed by atoms with van der Waals surface area (Å²) in [6.07, 6.45) is 3.61. The molecule has 2 heterocycles. The molecule has 0 amide bonds. The molecule has 2 aromatic rings. The minimum Gasteiger partial charge on any atom is -0.365 e. The third-order valence-corrected chi connectivity index (χ3v) is 3.88. The summed E-state index contributed by atoms with van der Waals surface area (Å²) >= 11 is 1.68. The molecule has 2 rings (SSSR count). The van der Waals surface area contributed by atoms with Gasteiger partial charge in [-0.25, -0.2) is 4.98 Å². The van der Waals surface area contributed by atoms with Crippen LogP contribution in [0.4, 0.5) is 11.8 Å². The molecule has 0 aliphatic rings. The van der Waals surface area contributed by atoms with Crippen molar-refractivity contribution in [3.05, 3.63) is 36.3 Å². The molecule has 0 aliphatic carbocycles. The van der Waals surface area contributed by atoms with Gasteiger partial charge in [-0.15, -0.1) is 24.5 Å². The molecule has 0 aromatic carbocycles. The number of fused-ring (bicyclic) bond motifs is 1. The van der Waals surface area contributed by atoms with E-state index in [-0.39, 0.29) is 0 Å². The third kappa shape index (κ3) is 2.99. The van der Waals surface area contributed by atoms with Gasteiger partial charge in [-0.2, -0.15) is 4.98 Å². The number of hydrogen-bond donors (Lipinski definition) is 2. The molecule has 0 fully saturated rings. The Bertz CT molecular complexity index is 616. The van der Waals surface area contributed by atoms with Crippen molar-refractivity contribution >= 4 is 33.3 Å². The van der Waals surface area contributed by atoms with E-state index in [4.69, 9.17) is 0 Å². The highest BCUT2D eigenvalue weighted by molar-refractivity contribution is 7.18. The Kier molecular flexibility index (Phi) is 4.74. The predicted octanol–water partition coefficient (Wildman–Crippen LogP) is 4.01. The highest BCUT2D eigenvalue weighted by atomic mass is 32.1. The molecule has 0 radical (unpaired) electrons. The first-order valence-electron chi connectivity index (χ1n) is 6.66. The van der Waals surface area contributed by atoms with Crippen molar-refractivity contribution in [2.75, 3.05) is 23.7 Å². The Morgan fingerprint density at radius 3 is 2.55 bits per heavy atom. The maximum Gasteiger partial charge on any atom is 0.225 e. The second kappa shape index (κ2) is 6.52. The summed E-state index contributed by atoms with van der Waals surface area (Å²) < 4.78 is 1.10. The van der Waals surface area contributed by atoms with Gasteiger partial charge in [0.1, 0.15) is 5.82 Å². The van der Waals surface area contributed by atoms with Gasteiger partial charge < -0.3 is 10.6 Å². The van der Waals surface area contributed by atoms with E-state index in [0.717, 1.165) is 16.0 Å². The van der Waals surface area contributed by atoms with Gasteiger partial charge in [0.05, 0.1) is 10.2 Å². The zero-order chi connectivity index (χ0) is 14.5. The van der Waals surface area contributed by atoms with Crippen molar-refractivity contribution in [1.29, 1.82) is 0 Å². The summed E-state index contributed by atoms with van der Waals surface area (Å²) in [4.78, 5) is 9.17. The minimum atomic E-state index is 0.443. The lowest BCUT2D eigenvalue weighted by Gasteiger charge is -2.09. The van der Waals surface area contributed by atoms with Crippen LogP contribution >= 0.6 is 11.3 Å². The molecule has 106 valence electrons. The molecule has 0 aliphatic heterocycles. The number of rotatable bonds is 7. The third-order valence-electron chi connectivity index (χ3n) is 2.88. The highest BCUT2D eigenvalue weighted by Crippen LogP contribution is 2.34. The Balaban J connectivity index is 2.50. The topological polar surface area (TPSA) is 49.8 Å². The van der Waals surface area contributed by atoms with E-state index in [1.165, 1.54) is 5.56 Å². The van der Waals surface area contributed by atoms with Crippen LogP contribution in [0.2, 0.25) is 0 Å². The first kappa shape index (κ1) is 14.5. The van der Waals surface area contributed by atoms with Crippen molar-refractivity contribution < 1.29 is 0 Å². The van der Waals surface area contributed by atoms with E-state index in [0.29, 0.717) is 25.0 Å². The number of hydrogen-bond acceptors (Lipinski definition) is 5. The maximum atomic E-state index is 4.64. The van der Waals surface area contributed by atoms with Crippen LogP contribution in [0.1, 0.15) is 25.3 Å². The molecule has 4 nitrogen and oxygen atoms in total. The van der Waals surface area contributed by atoms with Gasteiger partial charge in [0.2, 0.25) is 5.95 Å². The molecule has 5 heteroatoms. The van der Waals surface area contributed by atoms with Gasteiger partial charge in [0, 0.05) is 13.1 Å². The monoisotopic (exact) mass is 288 g/mol. The van der Waals surface area contributed by atoms with Gasteiger partial charge in [-0.3, -0.25) is 0 Å². The van der Waals surface area contributed by atoms with Crippen LogP contribution in [0.15, 0.2) is 30.7 Å². The smallest absolute Gasteiger partial charge is 0.225 e. The summed E-state index contributed by atoms with van der Waals surface area (Å²) in [5, 5.41) is 8.61.